The maximum atomic E-state index is 12.6. The average Bonchev–Trinajstić information content (AvgIpc) is 3.16. The molecule has 0 aliphatic carbocycles. The van der Waals surface area contributed by atoms with E-state index in [9.17, 15) is 4.79 Å². The first kappa shape index (κ1) is 16.4. The number of likely N-dealkylation sites (N-methyl/N-ethyl adjacent to an activating group) is 1. The molecule has 0 saturated carbocycles. The van der Waals surface area contributed by atoms with E-state index in [0.717, 1.165) is 31.9 Å². The van der Waals surface area contributed by atoms with Crippen LogP contribution in [-0.4, -0.2) is 58.9 Å². The average molecular weight is 329 g/mol. The minimum absolute atomic E-state index is 0.0114. The van der Waals surface area contributed by atoms with Crippen molar-refractivity contribution >= 4 is 11.6 Å². The van der Waals surface area contributed by atoms with Crippen LogP contribution in [0.5, 0.6) is 0 Å². The Bertz CT molecular complexity index is 667. The van der Waals surface area contributed by atoms with Gasteiger partial charge in [0.15, 0.2) is 0 Å². The van der Waals surface area contributed by atoms with E-state index in [-0.39, 0.29) is 11.9 Å². The van der Waals surface area contributed by atoms with Gasteiger partial charge in [0.2, 0.25) is 5.91 Å². The van der Waals surface area contributed by atoms with Crippen LogP contribution in [0.25, 0.3) is 0 Å². The molecule has 1 amide bonds. The van der Waals surface area contributed by atoms with E-state index in [1.165, 1.54) is 12.0 Å². The summed E-state index contributed by atoms with van der Waals surface area (Å²) in [6.45, 7) is 5.64. The maximum Gasteiger partial charge on any atom is 0.247 e. The number of amides is 1. The van der Waals surface area contributed by atoms with Crippen LogP contribution in [0.2, 0.25) is 0 Å². The molecule has 0 radical (unpaired) electrons. The number of carbonyl (C=O) groups is 1. The smallest absolute Gasteiger partial charge is 0.247 e. The van der Waals surface area contributed by atoms with Gasteiger partial charge in [0.25, 0.3) is 0 Å². The Morgan fingerprint density at radius 3 is 2.79 bits per heavy atom. The van der Waals surface area contributed by atoms with Gasteiger partial charge in [-0.05, 0) is 18.6 Å². The van der Waals surface area contributed by atoms with Crippen LogP contribution in [0.15, 0.2) is 36.9 Å². The summed E-state index contributed by atoms with van der Waals surface area (Å²) in [4.78, 5) is 20.6. The van der Waals surface area contributed by atoms with E-state index in [1.54, 1.807) is 15.9 Å². The van der Waals surface area contributed by atoms with Crippen molar-refractivity contribution in [3.8, 4) is 0 Å². The van der Waals surface area contributed by atoms with Crippen LogP contribution in [0.1, 0.15) is 18.5 Å². The second-order valence-electron chi connectivity index (χ2n) is 5.97. The standard InChI is InChI=1S/C17H23N5O2/c1-14(22-13-18-12-19-22)17(23)20(2)11-15-5-3-4-6-16(15)21-7-9-24-10-8-21/h3-6,12-14H,7-11H2,1-2H3/t14-/m0/s1. The van der Waals surface area contributed by atoms with Crippen molar-refractivity contribution < 1.29 is 9.53 Å². The molecule has 24 heavy (non-hydrogen) atoms. The summed E-state index contributed by atoms with van der Waals surface area (Å²) in [5, 5.41) is 4.05. The van der Waals surface area contributed by atoms with Gasteiger partial charge in [-0.2, -0.15) is 5.10 Å². The first-order chi connectivity index (χ1) is 11.7. The topological polar surface area (TPSA) is 63.5 Å². The second kappa shape index (κ2) is 7.44. The van der Waals surface area contributed by atoms with Crippen LogP contribution in [0.3, 0.4) is 0 Å². The van der Waals surface area contributed by atoms with Gasteiger partial charge in [0, 0.05) is 32.4 Å². The number of anilines is 1. The lowest BCUT2D eigenvalue weighted by Gasteiger charge is -2.31. The third-order valence-corrected chi connectivity index (χ3v) is 4.32. The molecule has 0 unspecified atom stereocenters. The lowest BCUT2D eigenvalue weighted by Crippen LogP contribution is -2.38. The zero-order chi connectivity index (χ0) is 16.9. The Morgan fingerprint density at radius 1 is 1.33 bits per heavy atom. The highest BCUT2D eigenvalue weighted by Crippen LogP contribution is 2.23. The molecule has 0 bridgehead atoms. The van der Waals surface area contributed by atoms with E-state index in [2.05, 4.69) is 27.1 Å². The number of hydrogen-bond acceptors (Lipinski definition) is 5. The Kier molecular flexibility index (Phi) is 5.10. The third-order valence-electron chi connectivity index (χ3n) is 4.32. The normalized spacial score (nSPS) is 16.0. The summed E-state index contributed by atoms with van der Waals surface area (Å²) < 4.78 is 7.01. The third kappa shape index (κ3) is 3.56. The Balaban J connectivity index is 1.72. The highest BCUT2D eigenvalue weighted by atomic mass is 16.5. The van der Waals surface area contributed by atoms with Gasteiger partial charge in [-0.3, -0.25) is 4.79 Å². The van der Waals surface area contributed by atoms with E-state index in [0.29, 0.717) is 6.54 Å². The van der Waals surface area contributed by atoms with Crippen LogP contribution in [0.4, 0.5) is 5.69 Å². The van der Waals surface area contributed by atoms with Gasteiger partial charge in [0.1, 0.15) is 18.7 Å². The van der Waals surface area contributed by atoms with Crippen molar-refractivity contribution in [3.63, 3.8) is 0 Å². The van der Waals surface area contributed by atoms with Gasteiger partial charge in [-0.1, -0.05) is 18.2 Å². The molecule has 1 aromatic heterocycles. The molecule has 1 aliphatic rings. The fraction of sp³-hybridized carbons (Fsp3) is 0.471. The predicted octanol–water partition coefficient (Wildman–Crippen LogP) is 1.33. The molecule has 7 nitrogen and oxygen atoms in total. The molecule has 1 atom stereocenters. The monoisotopic (exact) mass is 329 g/mol. The highest BCUT2D eigenvalue weighted by molar-refractivity contribution is 5.79. The van der Waals surface area contributed by atoms with Crippen molar-refractivity contribution in [2.45, 2.75) is 19.5 Å². The quantitative estimate of drug-likeness (QED) is 0.828. The van der Waals surface area contributed by atoms with E-state index < -0.39 is 0 Å². The highest BCUT2D eigenvalue weighted by Gasteiger charge is 2.21. The van der Waals surface area contributed by atoms with Crippen LogP contribution >= 0.6 is 0 Å². The number of carbonyl (C=O) groups excluding carboxylic acids is 1. The summed E-state index contributed by atoms with van der Waals surface area (Å²) in [7, 11) is 1.83. The zero-order valence-electron chi connectivity index (χ0n) is 14.1. The fourth-order valence-electron chi connectivity index (χ4n) is 2.94. The summed E-state index contributed by atoms with van der Waals surface area (Å²) >= 11 is 0. The fourth-order valence-corrected chi connectivity index (χ4v) is 2.94. The van der Waals surface area contributed by atoms with Gasteiger partial charge >= 0.3 is 0 Å². The summed E-state index contributed by atoms with van der Waals surface area (Å²) in [6.07, 6.45) is 3.01. The predicted molar refractivity (Wildman–Crippen MR) is 90.7 cm³/mol. The molecule has 2 heterocycles. The molecular weight excluding hydrogens is 306 g/mol. The lowest BCUT2D eigenvalue weighted by molar-refractivity contribution is -0.133. The molecule has 0 N–H and O–H groups in total. The number of nitrogens with zero attached hydrogens (tertiary/aromatic N) is 5. The lowest BCUT2D eigenvalue weighted by atomic mass is 10.1. The number of morpholine rings is 1. The Morgan fingerprint density at radius 2 is 2.08 bits per heavy atom. The van der Waals surface area contributed by atoms with Crippen LogP contribution in [-0.2, 0) is 16.1 Å². The number of ether oxygens (including phenoxy) is 1. The first-order valence-corrected chi connectivity index (χ1v) is 8.16. The van der Waals surface area contributed by atoms with Crippen molar-refractivity contribution in [3.05, 3.63) is 42.5 Å². The van der Waals surface area contributed by atoms with Crippen molar-refractivity contribution in [2.75, 3.05) is 38.3 Å². The van der Waals surface area contributed by atoms with E-state index >= 15 is 0 Å². The van der Waals surface area contributed by atoms with Crippen LogP contribution in [0, 0.1) is 0 Å². The molecule has 128 valence electrons. The summed E-state index contributed by atoms with van der Waals surface area (Å²) in [5.74, 6) is 0.0114. The van der Waals surface area contributed by atoms with Gasteiger partial charge in [0.05, 0.1) is 13.2 Å². The van der Waals surface area contributed by atoms with Gasteiger partial charge < -0.3 is 14.5 Å². The zero-order valence-corrected chi connectivity index (χ0v) is 14.1. The molecule has 2 aromatic rings. The first-order valence-electron chi connectivity index (χ1n) is 8.16. The van der Waals surface area contributed by atoms with Gasteiger partial charge in [-0.15, -0.1) is 0 Å². The molecule has 1 aliphatic heterocycles. The van der Waals surface area contributed by atoms with E-state index in [4.69, 9.17) is 4.74 Å². The molecular formula is C17H23N5O2. The van der Waals surface area contributed by atoms with E-state index in [1.807, 2.05) is 26.1 Å². The molecule has 3 rings (SSSR count). The number of benzene rings is 1. The number of hydrogen-bond donors (Lipinski definition) is 0. The number of aromatic nitrogens is 3. The molecule has 0 spiro atoms. The summed E-state index contributed by atoms with van der Waals surface area (Å²) in [6, 6.07) is 7.87. The maximum absolute atomic E-state index is 12.6. The molecule has 7 heteroatoms. The largest absolute Gasteiger partial charge is 0.378 e. The van der Waals surface area contributed by atoms with Crippen LogP contribution < -0.4 is 4.90 Å². The second-order valence-corrected chi connectivity index (χ2v) is 5.97. The number of rotatable bonds is 5. The SMILES string of the molecule is C[C@@H](C(=O)N(C)Cc1ccccc1N1CCOCC1)n1cncn1. The molecule has 1 saturated heterocycles. The minimum atomic E-state index is -0.368. The molecule has 1 fully saturated rings. The van der Waals surface area contributed by atoms with Gasteiger partial charge in [-0.25, -0.2) is 9.67 Å². The minimum Gasteiger partial charge on any atom is -0.378 e. The van der Waals surface area contributed by atoms with Crippen molar-refractivity contribution in [1.29, 1.82) is 0 Å². The van der Waals surface area contributed by atoms with Crippen molar-refractivity contribution in [1.82, 2.24) is 19.7 Å². The Hall–Kier alpha value is -2.41. The van der Waals surface area contributed by atoms with Crippen molar-refractivity contribution in [2.24, 2.45) is 0 Å². The Labute approximate surface area is 141 Å². The summed E-state index contributed by atoms with van der Waals surface area (Å²) in [5.41, 5.74) is 2.31. The number of para-hydroxylation sites is 1. The molecule has 1 aromatic carbocycles.